The second-order valence-corrected chi connectivity index (χ2v) is 7.42. The number of hydrogen-bond donors (Lipinski definition) is 2. The number of halogens is 1. The fourth-order valence-corrected chi connectivity index (χ4v) is 3.36. The first-order valence-corrected chi connectivity index (χ1v) is 11.0. The van der Waals surface area contributed by atoms with Gasteiger partial charge in [-0.1, -0.05) is 30.3 Å². The molecule has 7 nitrogen and oxygen atoms in total. The molecule has 1 heterocycles. The average molecular weight is 563 g/mol. The minimum atomic E-state index is 0. The predicted molar refractivity (Wildman–Crippen MR) is 144 cm³/mol. The van der Waals surface area contributed by atoms with E-state index in [0.29, 0.717) is 19.8 Å². The third-order valence-corrected chi connectivity index (χ3v) is 5.05. The Labute approximate surface area is 213 Å². The molecule has 178 valence electrons. The Bertz CT molecular complexity index is 991. The lowest BCUT2D eigenvalue weighted by Crippen LogP contribution is -2.38. The summed E-state index contributed by atoms with van der Waals surface area (Å²) in [4.78, 5) is 8.46. The van der Waals surface area contributed by atoms with E-state index in [4.69, 9.17) is 9.47 Å². The summed E-state index contributed by atoms with van der Waals surface area (Å²) in [5.41, 5.74) is 3.53. The molecular formula is C25H34IN5O2. The van der Waals surface area contributed by atoms with Gasteiger partial charge in [0.1, 0.15) is 0 Å². The highest BCUT2D eigenvalue weighted by Gasteiger charge is 2.12. The van der Waals surface area contributed by atoms with Crippen LogP contribution in [0.3, 0.4) is 0 Å². The molecule has 0 spiro atoms. The van der Waals surface area contributed by atoms with Gasteiger partial charge in [0.05, 0.1) is 25.6 Å². The summed E-state index contributed by atoms with van der Waals surface area (Å²) in [5.74, 6) is 2.27. The Morgan fingerprint density at radius 3 is 2.36 bits per heavy atom. The third-order valence-electron chi connectivity index (χ3n) is 5.05. The highest BCUT2D eigenvalue weighted by atomic mass is 127. The molecule has 0 radical (unpaired) electrons. The summed E-state index contributed by atoms with van der Waals surface area (Å²) < 4.78 is 13.5. The van der Waals surface area contributed by atoms with Gasteiger partial charge in [0, 0.05) is 32.5 Å². The van der Waals surface area contributed by atoms with E-state index in [1.54, 1.807) is 13.2 Å². The Morgan fingerprint density at radius 1 is 1.03 bits per heavy atom. The number of benzene rings is 2. The maximum absolute atomic E-state index is 5.76. The van der Waals surface area contributed by atoms with Crippen LogP contribution in [0.5, 0.6) is 11.5 Å². The van der Waals surface area contributed by atoms with Gasteiger partial charge in [-0.3, -0.25) is 4.99 Å². The first kappa shape index (κ1) is 26.5. The van der Waals surface area contributed by atoms with Gasteiger partial charge < -0.3 is 24.7 Å². The summed E-state index contributed by atoms with van der Waals surface area (Å²) >= 11 is 0. The minimum Gasteiger partial charge on any atom is -0.490 e. The normalized spacial score (nSPS) is 11.9. The largest absolute Gasteiger partial charge is 0.490 e. The van der Waals surface area contributed by atoms with Crippen molar-refractivity contribution in [3.05, 3.63) is 77.9 Å². The molecule has 3 aromatic rings. The number of ether oxygens (including phenoxy) is 2. The van der Waals surface area contributed by atoms with E-state index in [1.165, 1.54) is 11.1 Å². The molecule has 3 rings (SSSR count). The van der Waals surface area contributed by atoms with Gasteiger partial charge in [-0.05, 0) is 49.6 Å². The van der Waals surface area contributed by atoms with Crippen molar-refractivity contribution in [1.29, 1.82) is 0 Å². The number of nitrogens with one attached hydrogen (secondary N) is 2. The number of guanidine groups is 1. The van der Waals surface area contributed by atoms with E-state index < -0.39 is 0 Å². The monoisotopic (exact) mass is 563 g/mol. The maximum Gasteiger partial charge on any atom is 0.191 e. The topological polar surface area (TPSA) is 72.7 Å². The van der Waals surface area contributed by atoms with Gasteiger partial charge in [0.15, 0.2) is 17.5 Å². The Morgan fingerprint density at radius 2 is 1.73 bits per heavy atom. The molecule has 1 atom stereocenters. The molecule has 0 aliphatic heterocycles. The Balaban J connectivity index is 0.00000385. The van der Waals surface area contributed by atoms with E-state index in [-0.39, 0.29) is 30.0 Å². The number of rotatable bonds is 10. The SMILES string of the molecule is CCOc1ccc(C(C)NC(=NC)NCc2ccc(Cn3ccnc3)cc2)cc1OCC.I. The van der Waals surface area contributed by atoms with Gasteiger partial charge in [-0.25, -0.2) is 4.98 Å². The molecule has 0 aliphatic carbocycles. The smallest absolute Gasteiger partial charge is 0.191 e. The number of hydrogen-bond acceptors (Lipinski definition) is 4. The fourth-order valence-electron chi connectivity index (χ4n) is 3.36. The fraction of sp³-hybridized carbons (Fsp3) is 0.360. The number of aliphatic imine (C=N–C) groups is 1. The van der Waals surface area contributed by atoms with Crippen LogP contribution in [0, 0.1) is 0 Å². The van der Waals surface area contributed by atoms with Gasteiger partial charge in [-0.2, -0.15) is 0 Å². The Hall–Kier alpha value is -2.75. The maximum atomic E-state index is 5.76. The quantitative estimate of drug-likeness (QED) is 0.211. The van der Waals surface area contributed by atoms with Gasteiger partial charge in [0.2, 0.25) is 0 Å². The molecule has 33 heavy (non-hydrogen) atoms. The predicted octanol–water partition coefficient (Wildman–Crippen LogP) is 4.77. The summed E-state index contributed by atoms with van der Waals surface area (Å²) in [6.45, 7) is 8.75. The molecule has 0 fully saturated rings. The zero-order valence-electron chi connectivity index (χ0n) is 19.7. The third kappa shape index (κ3) is 7.96. The highest BCUT2D eigenvalue weighted by Crippen LogP contribution is 2.30. The second-order valence-electron chi connectivity index (χ2n) is 7.42. The lowest BCUT2D eigenvalue weighted by molar-refractivity contribution is 0.287. The lowest BCUT2D eigenvalue weighted by Gasteiger charge is -2.20. The molecule has 8 heteroatoms. The molecule has 1 unspecified atom stereocenters. The van der Waals surface area contributed by atoms with Crippen molar-refractivity contribution in [3.8, 4) is 11.5 Å². The molecule has 2 aromatic carbocycles. The van der Waals surface area contributed by atoms with Gasteiger partial charge in [-0.15, -0.1) is 24.0 Å². The molecule has 0 saturated carbocycles. The van der Waals surface area contributed by atoms with Crippen LogP contribution in [-0.2, 0) is 13.1 Å². The van der Waals surface area contributed by atoms with Crippen molar-refractivity contribution < 1.29 is 9.47 Å². The number of nitrogens with zero attached hydrogens (tertiary/aromatic N) is 3. The van der Waals surface area contributed by atoms with Crippen LogP contribution in [0.2, 0.25) is 0 Å². The Kier molecular flexibility index (Phi) is 11.0. The standard InChI is InChI=1S/C25H33N5O2.HI/c1-5-31-23-12-11-22(15-24(23)32-6-2)19(3)29-25(26-4)28-16-20-7-9-21(10-8-20)17-30-14-13-27-18-30;/h7-15,18-19H,5-6,16-17H2,1-4H3,(H2,26,28,29);1H. The first-order chi connectivity index (χ1) is 15.6. The lowest BCUT2D eigenvalue weighted by atomic mass is 10.1. The second kappa shape index (κ2) is 13.7. The van der Waals surface area contributed by atoms with Crippen LogP contribution in [0.4, 0.5) is 0 Å². The van der Waals surface area contributed by atoms with E-state index in [9.17, 15) is 0 Å². The van der Waals surface area contributed by atoms with Crippen LogP contribution < -0.4 is 20.1 Å². The van der Waals surface area contributed by atoms with Crippen molar-refractivity contribution in [2.75, 3.05) is 20.3 Å². The van der Waals surface area contributed by atoms with E-state index in [0.717, 1.165) is 29.6 Å². The zero-order chi connectivity index (χ0) is 22.8. The van der Waals surface area contributed by atoms with Crippen LogP contribution in [-0.4, -0.2) is 35.8 Å². The summed E-state index contributed by atoms with van der Waals surface area (Å²) in [5, 5.41) is 6.84. The van der Waals surface area contributed by atoms with Crippen LogP contribution in [0.15, 0.2) is 66.2 Å². The van der Waals surface area contributed by atoms with Crippen molar-refractivity contribution in [2.45, 2.75) is 39.9 Å². The number of imidazole rings is 1. The summed E-state index contributed by atoms with van der Waals surface area (Å²) in [6, 6.07) is 14.6. The van der Waals surface area contributed by atoms with Crippen molar-refractivity contribution in [2.24, 2.45) is 4.99 Å². The van der Waals surface area contributed by atoms with Crippen molar-refractivity contribution in [1.82, 2.24) is 20.2 Å². The van der Waals surface area contributed by atoms with Crippen molar-refractivity contribution in [3.63, 3.8) is 0 Å². The van der Waals surface area contributed by atoms with Gasteiger partial charge >= 0.3 is 0 Å². The van der Waals surface area contributed by atoms with Crippen LogP contribution in [0.1, 0.15) is 43.5 Å². The van der Waals surface area contributed by atoms with Crippen LogP contribution in [0.25, 0.3) is 0 Å². The van der Waals surface area contributed by atoms with E-state index in [2.05, 4.69) is 62.4 Å². The summed E-state index contributed by atoms with van der Waals surface area (Å²) in [6.07, 6.45) is 5.59. The molecule has 0 amide bonds. The summed E-state index contributed by atoms with van der Waals surface area (Å²) in [7, 11) is 1.78. The zero-order valence-corrected chi connectivity index (χ0v) is 22.1. The van der Waals surface area contributed by atoms with Crippen LogP contribution >= 0.6 is 24.0 Å². The highest BCUT2D eigenvalue weighted by molar-refractivity contribution is 14.0. The van der Waals surface area contributed by atoms with E-state index in [1.807, 2.05) is 38.5 Å². The first-order valence-electron chi connectivity index (χ1n) is 11.0. The molecular weight excluding hydrogens is 529 g/mol. The van der Waals surface area contributed by atoms with Crippen molar-refractivity contribution >= 4 is 29.9 Å². The molecule has 0 saturated heterocycles. The minimum absolute atomic E-state index is 0. The average Bonchev–Trinajstić information content (AvgIpc) is 3.32. The molecule has 0 bridgehead atoms. The molecule has 0 aliphatic rings. The van der Waals surface area contributed by atoms with E-state index >= 15 is 0 Å². The number of aromatic nitrogens is 2. The molecule has 2 N–H and O–H groups in total. The van der Waals surface area contributed by atoms with Gasteiger partial charge in [0.25, 0.3) is 0 Å². The molecule has 1 aromatic heterocycles.